The van der Waals surface area contributed by atoms with Crippen molar-refractivity contribution in [3.63, 3.8) is 0 Å². The molecule has 0 unspecified atom stereocenters. The molecule has 1 amide bonds. The molecule has 2 aromatic carbocycles. The highest BCUT2D eigenvalue weighted by Crippen LogP contribution is 2.25. The Hall–Kier alpha value is -2.87. The van der Waals surface area contributed by atoms with Crippen LogP contribution in [0.4, 0.5) is 4.79 Å². The number of rotatable bonds is 6. The van der Waals surface area contributed by atoms with Crippen LogP contribution in [0.25, 0.3) is 0 Å². The third-order valence-corrected chi connectivity index (χ3v) is 5.07. The minimum absolute atomic E-state index is 0.0459. The second kappa shape index (κ2) is 7.14. The first kappa shape index (κ1) is 17.5. The van der Waals surface area contributed by atoms with Crippen molar-refractivity contribution in [2.24, 2.45) is 5.73 Å². The highest BCUT2D eigenvalue weighted by Gasteiger charge is 2.19. The van der Waals surface area contributed by atoms with E-state index in [1.165, 1.54) is 18.2 Å². The molecule has 8 heteroatoms. The fourth-order valence-corrected chi connectivity index (χ4v) is 3.33. The van der Waals surface area contributed by atoms with Crippen LogP contribution in [-0.4, -0.2) is 32.5 Å². The Morgan fingerprint density at radius 3 is 2.33 bits per heavy atom. The number of phenolic OH excluding ortho intramolecular Hbond substituents is 1. The van der Waals surface area contributed by atoms with Crippen LogP contribution in [0.2, 0.25) is 0 Å². The van der Waals surface area contributed by atoms with Gasteiger partial charge in [-0.1, -0.05) is 12.1 Å². The van der Waals surface area contributed by atoms with E-state index >= 15 is 0 Å². The number of benzene rings is 2. The lowest BCUT2D eigenvalue weighted by molar-refractivity contribution is 0.112. The highest BCUT2D eigenvalue weighted by atomic mass is 32.2. The number of amides is 1. The maximum Gasteiger partial charge on any atom is 0.404 e. The lowest BCUT2D eigenvalue weighted by atomic mass is 10.2. The van der Waals surface area contributed by atoms with Crippen LogP contribution in [0.5, 0.6) is 5.75 Å². The average Bonchev–Trinajstić information content (AvgIpc) is 2.55. The number of carbonyl (C=O) groups is 2. The predicted octanol–water partition coefficient (Wildman–Crippen LogP) is 1.68. The van der Waals surface area contributed by atoms with Crippen LogP contribution >= 0.6 is 0 Å². The summed E-state index contributed by atoms with van der Waals surface area (Å²) in [5.41, 5.74) is 5.53. The summed E-state index contributed by atoms with van der Waals surface area (Å²) in [5.74, 6) is -0.284. The van der Waals surface area contributed by atoms with Gasteiger partial charge >= 0.3 is 6.09 Å². The van der Waals surface area contributed by atoms with Gasteiger partial charge in [-0.15, -0.1) is 0 Å². The first-order chi connectivity index (χ1) is 11.3. The van der Waals surface area contributed by atoms with Crippen molar-refractivity contribution in [1.29, 1.82) is 0 Å². The standard InChI is InChI=1S/C16H15NO6S/c17-16(20)23-8-7-11-1-3-13(4-2-11)24(21,22)14-5-6-15(19)12(9-14)10-18/h1-6,9-10,19H,7-8H2,(H2,17,20). The van der Waals surface area contributed by atoms with Crippen LogP contribution in [0.15, 0.2) is 52.3 Å². The number of ether oxygens (including phenoxy) is 1. The molecule has 0 aromatic heterocycles. The Kier molecular flexibility index (Phi) is 5.20. The summed E-state index contributed by atoms with van der Waals surface area (Å²) in [6, 6.07) is 9.53. The minimum Gasteiger partial charge on any atom is -0.507 e. The van der Waals surface area contributed by atoms with E-state index < -0.39 is 15.9 Å². The lowest BCUT2D eigenvalue weighted by Gasteiger charge is -2.07. The van der Waals surface area contributed by atoms with Crippen molar-refractivity contribution in [2.45, 2.75) is 16.2 Å². The Morgan fingerprint density at radius 2 is 1.75 bits per heavy atom. The first-order valence-corrected chi connectivity index (χ1v) is 8.37. The molecule has 0 saturated heterocycles. The Labute approximate surface area is 138 Å². The van der Waals surface area contributed by atoms with Gasteiger partial charge in [0.05, 0.1) is 22.0 Å². The quantitative estimate of drug-likeness (QED) is 0.765. The van der Waals surface area contributed by atoms with Gasteiger partial charge in [-0.2, -0.15) is 0 Å². The van der Waals surface area contributed by atoms with E-state index in [1.54, 1.807) is 12.1 Å². The van der Waals surface area contributed by atoms with Gasteiger partial charge in [-0.3, -0.25) is 4.79 Å². The summed E-state index contributed by atoms with van der Waals surface area (Å²) >= 11 is 0. The Morgan fingerprint density at radius 1 is 1.12 bits per heavy atom. The molecule has 0 saturated carbocycles. The topological polar surface area (TPSA) is 124 Å². The van der Waals surface area contributed by atoms with E-state index in [2.05, 4.69) is 4.74 Å². The second-order valence-electron chi connectivity index (χ2n) is 4.90. The van der Waals surface area contributed by atoms with Gasteiger partial charge in [0.15, 0.2) is 6.29 Å². The van der Waals surface area contributed by atoms with Crippen molar-refractivity contribution in [3.8, 4) is 5.75 Å². The zero-order valence-corrected chi connectivity index (χ0v) is 13.3. The number of primary amides is 1. The number of hydrogen-bond acceptors (Lipinski definition) is 6. The molecular formula is C16H15NO6S. The molecule has 2 rings (SSSR count). The number of phenols is 1. The molecule has 0 atom stereocenters. The lowest BCUT2D eigenvalue weighted by Crippen LogP contribution is -2.14. The molecule has 0 bridgehead atoms. The van der Waals surface area contributed by atoms with Gasteiger partial charge < -0.3 is 15.6 Å². The molecule has 7 nitrogen and oxygen atoms in total. The first-order valence-electron chi connectivity index (χ1n) is 6.89. The van der Waals surface area contributed by atoms with Gasteiger partial charge in [0, 0.05) is 6.42 Å². The molecule has 2 aromatic rings. The molecular weight excluding hydrogens is 334 g/mol. The van der Waals surface area contributed by atoms with E-state index in [0.29, 0.717) is 12.7 Å². The van der Waals surface area contributed by atoms with Crippen LogP contribution in [0.3, 0.4) is 0 Å². The van der Waals surface area contributed by atoms with Gasteiger partial charge in [-0.05, 0) is 35.9 Å². The SMILES string of the molecule is NC(=O)OCCc1ccc(S(=O)(=O)c2ccc(O)c(C=O)c2)cc1. The summed E-state index contributed by atoms with van der Waals surface area (Å²) < 4.78 is 29.7. The molecule has 0 aliphatic carbocycles. The number of aromatic hydroxyl groups is 1. The van der Waals surface area contributed by atoms with Gasteiger partial charge in [0.1, 0.15) is 5.75 Å². The van der Waals surface area contributed by atoms with Crippen molar-refractivity contribution in [1.82, 2.24) is 0 Å². The molecule has 24 heavy (non-hydrogen) atoms. The molecule has 126 valence electrons. The normalized spacial score (nSPS) is 11.0. The molecule has 0 aliphatic rings. The average molecular weight is 349 g/mol. The van der Waals surface area contributed by atoms with E-state index in [-0.39, 0.29) is 27.7 Å². The maximum atomic E-state index is 12.5. The third-order valence-electron chi connectivity index (χ3n) is 3.30. The van der Waals surface area contributed by atoms with E-state index in [4.69, 9.17) is 5.73 Å². The van der Waals surface area contributed by atoms with E-state index in [9.17, 15) is 23.1 Å². The Bertz CT molecular complexity index is 859. The van der Waals surface area contributed by atoms with Gasteiger partial charge in [0.2, 0.25) is 9.84 Å². The molecule has 0 spiro atoms. The summed E-state index contributed by atoms with van der Waals surface area (Å²) in [6.07, 6.45) is -0.0824. The van der Waals surface area contributed by atoms with Crippen molar-refractivity contribution in [3.05, 3.63) is 53.6 Å². The Balaban J connectivity index is 2.23. The van der Waals surface area contributed by atoms with E-state index in [1.807, 2.05) is 0 Å². The fourth-order valence-electron chi connectivity index (χ4n) is 2.03. The molecule has 0 heterocycles. The number of carbonyl (C=O) groups excluding carboxylic acids is 2. The monoisotopic (exact) mass is 349 g/mol. The number of sulfone groups is 1. The van der Waals surface area contributed by atoms with Gasteiger partial charge in [0.25, 0.3) is 0 Å². The molecule has 3 N–H and O–H groups in total. The summed E-state index contributed by atoms with van der Waals surface area (Å²) in [6.45, 7) is 0.0993. The fraction of sp³-hybridized carbons (Fsp3) is 0.125. The largest absolute Gasteiger partial charge is 0.507 e. The smallest absolute Gasteiger partial charge is 0.404 e. The third kappa shape index (κ3) is 3.90. The highest BCUT2D eigenvalue weighted by molar-refractivity contribution is 7.91. The van der Waals surface area contributed by atoms with Crippen LogP contribution in [0.1, 0.15) is 15.9 Å². The summed E-state index contributed by atoms with van der Waals surface area (Å²) in [7, 11) is -3.81. The molecule has 0 fully saturated rings. The van der Waals surface area contributed by atoms with Crippen LogP contribution in [-0.2, 0) is 21.0 Å². The predicted molar refractivity (Wildman–Crippen MR) is 84.6 cm³/mol. The second-order valence-corrected chi connectivity index (χ2v) is 6.85. The number of hydrogen-bond donors (Lipinski definition) is 2. The zero-order chi connectivity index (χ0) is 17.7. The van der Waals surface area contributed by atoms with Crippen molar-refractivity contribution in [2.75, 3.05) is 6.61 Å². The maximum absolute atomic E-state index is 12.5. The van der Waals surface area contributed by atoms with Crippen LogP contribution in [0, 0.1) is 0 Å². The molecule has 0 aliphatic heterocycles. The molecule has 0 radical (unpaired) electrons. The summed E-state index contributed by atoms with van der Waals surface area (Å²) in [5, 5.41) is 9.46. The zero-order valence-electron chi connectivity index (χ0n) is 12.5. The van der Waals surface area contributed by atoms with Crippen LogP contribution < -0.4 is 5.73 Å². The summed E-state index contributed by atoms with van der Waals surface area (Å²) in [4.78, 5) is 21.3. The minimum atomic E-state index is -3.81. The van der Waals surface area contributed by atoms with Crippen molar-refractivity contribution < 1.29 is 27.9 Å². The number of aldehydes is 1. The number of nitrogens with two attached hydrogens (primary N) is 1. The van der Waals surface area contributed by atoms with Crippen molar-refractivity contribution >= 4 is 22.2 Å². The van der Waals surface area contributed by atoms with E-state index in [0.717, 1.165) is 17.7 Å². The van der Waals surface area contributed by atoms with Gasteiger partial charge in [-0.25, -0.2) is 13.2 Å².